The van der Waals surface area contributed by atoms with Crippen molar-refractivity contribution < 1.29 is 17.9 Å². The van der Waals surface area contributed by atoms with Crippen LogP contribution in [0, 0.1) is 0 Å². The minimum absolute atomic E-state index is 0.0432. The summed E-state index contributed by atoms with van der Waals surface area (Å²) < 4.78 is 28.2. The molecule has 0 spiro atoms. The first-order chi connectivity index (χ1) is 8.41. The van der Waals surface area contributed by atoms with Gasteiger partial charge in [0.05, 0.1) is 11.5 Å². The number of benzene rings is 1. The molecule has 0 unspecified atom stereocenters. The largest absolute Gasteiger partial charge is 0.461 e. The van der Waals surface area contributed by atoms with Crippen molar-refractivity contribution in [3.05, 3.63) is 48.0 Å². The molecule has 0 bridgehead atoms. The molecule has 4 nitrogen and oxygen atoms in total. The average molecular weight is 268 g/mol. The summed E-state index contributed by atoms with van der Waals surface area (Å²) in [6.45, 7) is 4.79. The predicted octanol–water partition coefficient (Wildman–Crippen LogP) is 1.72. The molecule has 0 aliphatic rings. The molecule has 0 N–H and O–H groups in total. The lowest BCUT2D eigenvalue weighted by molar-refractivity contribution is -0.138. The van der Waals surface area contributed by atoms with E-state index in [1.807, 2.05) is 6.07 Å². The van der Waals surface area contributed by atoms with Gasteiger partial charge in [-0.1, -0.05) is 36.9 Å². The van der Waals surface area contributed by atoms with Gasteiger partial charge in [-0.05, 0) is 12.5 Å². The lowest BCUT2D eigenvalue weighted by Gasteiger charge is -2.06. The molecular formula is C13H16O4S. The number of rotatable bonds is 6. The highest BCUT2D eigenvalue weighted by Crippen LogP contribution is 2.06. The van der Waals surface area contributed by atoms with Gasteiger partial charge in [-0.15, -0.1) is 0 Å². The smallest absolute Gasteiger partial charge is 0.333 e. The Kier molecular flexibility index (Phi) is 5.09. The van der Waals surface area contributed by atoms with Crippen LogP contribution in [-0.4, -0.2) is 26.7 Å². The third-order valence-electron chi connectivity index (χ3n) is 2.21. The Balaban J connectivity index is 2.46. The van der Waals surface area contributed by atoms with E-state index in [9.17, 15) is 13.2 Å². The molecule has 0 radical (unpaired) electrons. The molecule has 0 amide bonds. The van der Waals surface area contributed by atoms with E-state index in [2.05, 4.69) is 6.58 Å². The number of ether oxygens (including phenoxy) is 1. The molecule has 0 saturated carbocycles. The van der Waals surface area contributed by atoms with E-state index in [1.54, 1.807) is 24.3 Å². The molecule has 0 aliphatic carbocycles. The van der Waals surface area contributed by atoms with E-state index < -0.39 is 15.8 Å². The summed E-state index contributed by atoms with van der Waals surface area (Å²) in [6, 6.07) is 8.89. The summed E-state index contributed by atoms with van der Waals surface area (Å²) in [7, 11) is -3.26. The van der Waals surface area contributed by atoms with Crippen LogP contribution in [0.4, 0.5) is 0 Å². The zero-order valence-corrected chi connectivity index (χ0v) is 11.1. The maximum absolute atomic E-state index is 11.7. The van der Waals surface area contributed by atoms with Crippen LogP contribution in [0.1, 0.15) is 12.5 Å². The molecule has 1 aromatic carbocycles. The van der Waals surface area contributed by atoms with Crippen molar-refractivity contribution >= 4 is 15.8 Å². The second kappa shape index (κ2) is 6.35. The Bertz CT molecular complexity index is 517. The van der Waals surface area contributed by atoms with Crippen molar-refractivity contribution in [1.82, 2.24) is 0 Å². The molecule has 1 rings (SSSR count). The second-order valence-electron chi connectivity index (χ2n) is 3.99. The molecule has 0 atom stereocenters. The lowest BCUT2D eigenvalue weighted by Crippen LogP contribution is -2.17. The molecule has 0 aromatic heterocycles. The fourth-order valence-corrected chi connectivity index (χ4v) is 2.47. The van der Waals surface area contributed by atoms with Crippen LogP contribution in [0.3, 0.4) is 0 Å². The number of hydrogen-bond donors (Lipinski definition) is 0. The summed E-state index contributed by atoms with van der Waals surface area (Å²) in [5.41, 5.74) is 0.985. The van der Waals surface area contributed by atoms with Crippen LogP contribution in [-0.2, 0) is 25.1 Å². The van der Waals surface area contributed by atoms with E-state index in [0.29, 0.717) is 0 Å². The van der Waals surface area contributed by atoms with Crippen LogP contribution in [0.2, 0.25) is 0 Å². The minimum atomic E-state index is -3.26. The summed E-state index contributed by atoms with van der Waals surface area (Å²) in [6.07, 6.45) is 0. The highest BCUT2D eigenvalue weighted by atomic mass is 32.2. The second-order valence-corrected chi connectivity index (χ2v) is 6.18. The first-order valence-electron chi connectivity index (χ1n) is 5.48. The highest BCUT2D eigenvalue weighted by Gasteiger charge is 2.13. The van der Waals surface area contributed by atoms with Crippen molar-refractivity contribution in [3.63, 3.8) is 0 Å². The quantitative estimate of drug-likeness (QED) is 0.582. The predicted molar refractivity (Wildman–Crippen MR) is 69.7 cm³/mol. The van der Waals surface area contributed by atoms with Gasteiger partial charge in [-0.3, -0.25) is 0 Å². The summed E-state index contributed by atoms with van der Waals surface area (Å²) in [4.78, 5) is 11.1. The molecule has 0 fully saturated rings. The summed E-state index contributed by atoms with van der Waals surface area (Å²) in [5.74, 6) is -0.788. The maximum atomic E-state index is 11.7. The Hall–Kier alpha value is -1.62. The van der Waals surface area contributed by atoms with E-state index in [4.69, 9.17) is 4.74 Å². The molecule has 0 saturated heterocycles. The lowest BCUT2D eigenvalue weighted by atomic mass is 10.2. The van der Waals surface area contributed by atoms with E-state index in [0.717, 1.165) is 5.56 Å². The van der Waals surface area contributed by atoms with Crippen LogP contribution in [0.5, 0.6) is 0 Å². The van der Waals surface area contributed by atoms with E-state index >= 15 is 0 Å². The third-order valence-corrected chi connectivity index (χ3v) is 3.77. The van der Waals surface area contributed by atoms with Crippen LogP contribution >= 0.6 is 0 Å². The van der Waals surface area contributed by atoms with Gasteiger partial charge in [-0.25, -0.2) is 13.2 Å². The van der Waals surface area contributed by atoms with Crippen molar-refractivity contribution in [2.45, 2.75) is 12.7 Å². The van der Waals surface area contributed by atoms with Gasteiger partial charge in [-0.2, -0.15) is 0 Å². The topological polar surface area (TPSA) is 60.4 Å². The van der Waals surface area contributed by atoms with Gasteiger partial charge in [0, 0.05) is 5.57 Å². The first kappa shape index (κ1) is 14.4. The van der Waals surface area contributed by atoms with Gasteiger partial charge in [0.1, 0.15) is 6.61 Å². The highest BCUT2D eigenvalue weighted by molar-refractivity contribution is 7.90. The Morgan fingerprint density at radius 3 is 2.44 bits per heavy atom. The van der Waals surface area contributed by atoms with Crippen molar-refractivity contribution in [2.24, 2.45) is 0 Å². The zero-order chi connectivity index (χ0) is 13.6. The van der Waals surface area contributed by atoms with Crippen LogP contribution in [0.15, 0.2) is 42.5 Å². The molecule has 0 aliphatic heterocycles. The molecule has 18 heavy (non-hydrogen) atoms. The minimum Gasteiger partial charge on any atom is -0.461 e. The fraction of sp³-hybridized carbons (Fsp3) is 0.308. The van der Waals surface area contributed by atoms with E-state index in [-0.39, 0.29) is 23.7 Å². The first-order valence-corrected chi connectivity index (χ1v) is 7.30. The SMILES string of the molecule is C=C(C)C(=O)OCCS(=O)(=O)Cc1ccccc1. The standard InChI is InChI=1S/C13H16O4S/c1-11(2)13(14)17-8-9-18(15,16)10-12-6-4-3-5-7-12/h3-7H,1,8-10H2,2H3. The van der Waals surface area contributed by atoms with Gasteiger partial charge >= 0.3 is 5.97 Å². The van der Waals surface area contributed by atoms with Crippen molar-refractivity contribution in [2.75, 3.05) is 12.4 Å². The molecular weight excluding hydrogens is 252 g/mol. The van der Waals surface area contributed by atoms with Gasteiger partial charge in [0.15, 0.2) is 9.84 Å². The molecule has 1 aromatic rings. The van der Waals surface area contributed by atoms with Gasteiger partial charge in [0.2, 0.25) is 0 Å². The Morgan fingerprint density at radius 1 is 1.28 bits per heavy atom. The fourth-order valence-electron chi connectivity index (χ4n) is 1.28. The van der Waals surface area contributed by atoms with Gasteiger partial charge in [0.25, 0.3) is 0 Å². The zero-order valence-electron chi connectivity index (χ0n) is 10.3. The monoisotopic (exact) mass is 268 g/mol. The average Bonchev–Trinajstić information content (AvgIpc) is 2.29. The number of hydrogen-bond acceptors (Lipinski definition) is 4. The Labute approximate surface area is 107 Å². The van der Waals surface area contributed by atoms with Crippen LogP contribution in [0.25, 0.3) is 0 Å². The normalized spacial score (nSPS) is 10.9. The number of sulfone groups is 1. The Morgan fingerprint density at radius 2 is 1.89 bits per heavy atom. The third kappa shape index (κ3) is 5.14. The molecule has 5 heteroatoms. The number of carbonyl (C=O) groups excluding carboxylic acids is 1. The summed E-state index contributed by atoms with van der Waals surface area (Å²) in [5, 5.41) is 0. The van der Waals surface area contributed by atoms with Crippen molar-refractivity contribution in [3.8, 4) is 0 Å². The molecule has 0 heterocycles. The van der Waals surface area contributed by atoms with Crippen molar-refractivity contribution in [1.29, 1.82) is 0 Å². The van der Waals surface area contributed by atoms with Crippen LogP contribution < -0.4 is 0 Å². The number of carbonyl (C=O) groups is 1. The summed E-state index contributed by atoms with van der Waals surface area (Å²) >= 11 is 0. The molecule has 98 valence electrons. The maximum Gasteiger partial charge on any atom is 0.333 e. The van der Waals surface area contributed by atoms with Gasteiger partial charge < -0.3 is 4.74 Å². The number of esters is 1. The van der Waals surface area contributed by atoms with E-state index in [1.165, 1.54) is 6.92 Å².